The SMILES string of the molecule is Cl.Nc1ccc(NC(=O)C2(NC(=O)NCc3ccccc3)CCCC2)cn1. The molecule has 1 aromatic heterocycles. The van der Waals surface area contributed by atoms with Gasteiger partial charge in [0.15, 0.2) is 0 Å². The van der Waals surface area contributed by atoms with Gasteiger partial charge in [-0.3, -0.25) is 4.79 Å². The number of carbonyl (C=O) groups is 2. The summed E-state index contributed by atoms with van der Waals surface area (Å²) in [7, 11) is 0. The summed E-state index contributed by atoms with van der Waals surface area (Å²) in [6.45, 7) is 0.409. The van der Waals surface area contributed by atoms with Crippen LogP contribution in [-0.2, 0) is 11.3 Å². The maximum Gasteiger partial charge on any atom is 0.315 e. The summed E-state index contributed by atoms with van der Waals surface area (Å²) in [5.74, 6) is 0.161. The molecule has 0 saturated heterocycles. The summed E-state index contributed by atoms with van der Waals surface area (Å²) in [6, 6.07) is 12.6. The van der Waals surface area contributed by atoms with E-state index in [1.807, 2.05) is 30.3 Å². The van der Waals surface area contributed by atoms with Gasteiger partial charge in [-0.25, -0.2) is 9.78 Å². The van der Waals surface area contributed by atoms with Gasteiger partial charge in [0.05, 0.1) is 11.9 Å². The van der Waals surface area contributed by atoms with Crippen molar-refractivity contribution < 1.29 is 9.59 Å². The summed E-state index contributed by atoms with van der Waals surface area (Å²) in [5, 5.41) is 8.54. The number of aromatic nitrogens is 1. The zero-order valence-electron chi connectivity index (χ0n) is 14.9. The van der Waals surface area contributed by atoms with Gasteiger partial charge >= 0.3 is 6.03 Å². The lowest BCUT2D eigenvalue weighted by molar-refractivity contribution is -0.121. The first-order valence-corrected chi connectivity index (χ1v) is 8.70. The molecule has 3 rings (SSSR count). The molecule has 27 heavy (non-hydrogen) atoms. The minimum absolute atomic E-state index is 0. The molecule has 0 unspecified atom stereocenters. The molecule has 1 aliphatic carbocycles. The highest BCUT2D eigenvalue weighted by molar-refractivity contribution is 6.00. The number of carbonyl (C=O) groups excluding carboxylic acids is 2. The molecule has 1 heterocycles. The molecule has 1 fully saturated rings. The molecular weight excluding hydrogens is 366 g/mol. The molecule has 7 nitrogen and oxygen atoms in total. The number of rotatable bonds is 5. The number of hydrogen-bond donors (Lipinski definition) is 4. The lowest BCUT2D eigenvalue weighted by Crippen LogP contribution is -2.57. The van der Waals surface area contributed by atoms with E-state index in [4.69, 9.17) is 5.73 Å². The van der Waals surface area contributed by atoms with E-state index in [9.17, 15) is 9.59 Å². The molecular formula is C19H24ClN5O2. The highest BCUT2D eigenvalue weighted by Crippen LogP contribution is 2.31. The van der Waals surface area contributed by atoms with Crippen molar-refractivity contribution in [3.8, 4) is 0 Å². The average molecular weight is 390 g/mol. The van der Waals surface area contributed by atoms with Crippen molar-refractivity contribution in [2.45, 2.75) is 37.8 Å². The van der Waals surface area contributed by atoms with E-state index in [1.165, 1.54) is 6.20 Å². The predicted molar refractivity (Wildman–Crippen MR) is 108 cm³/mol. The van der Waals surface area contributed by atoms with Crippen molar-refractivity contribution in [3.05, 3.63) is 54.2 Å². The molecule has 1 aliphatic rings. The minimum Gasteiger partial charge on any atom is -0.384 e. The molecule has 2 aromatic rings. The molecule has 5 N–H and O–H groups in total. The van der Waals surface area contributed by atoms with Crippen LogP contribution in [0, 0.1) is 0 Å². The van der Waals surface area contributed by atoms with Crippen molar-refractivity contribution in [3.63, 3.8) is 0 Å². The van der Waals surface area contributed by atoms with Crippen LogP contribution >= 0.6 is 12.4 Å². The van der Waals surface area contributed by atoms with Crippen LogP contribution in [0.25, 0.3) is 0 Å². The number of nitrogen functional groups attached to an aromatic ring is 1. The van der Waals surface area contributed by atoms with Crippen LogP contribution in [0.2, 0.25) is 0 Å². The third-order valence-corrected chi connectivity index (χ3v) is 4.58. The molecule has 1 aromatic carbocycles. The lowest BCUT2D eigenvalue weighted by atomic mass is 9.96. The van der Waals surface area contributed by atoms with Crippen molar-refractivity contribution in [2.24, 2.45) is 0 Å². The third kappa shape index (κ3) is 5.34. The minimum atomic E-state index is -0.901. The highest BCUT2D eigenvalue weighted by Gasteiger charge is 2.42. The van der Waals surface area contributed by atoms with E-state index in [0.717, 1.165) is 18.4 Å². The van der Waals surface area contributed by atoms with Crippen LogP contribution in [0.4, 0.5) is 16.3 Å². The number of nitrogens with two attached hydrogens (primary N) is 1. The van der Waals surface area contributed by atoms with Gasteiger partial charge < -0.3 is 21.7 Å². The number of halogens is 1. The van der Waals surface area contributed by atoms with Gasteiger partial charge in [-0.1, -0.05) is 43.2 Å². The zero-order valence-corrected chi connectivity index (χ0v) is 15.7. The van der Waals surface area contributed by atoms with Gasteiger partial charge in [-0.05, 0) is 30.5 Å². The quantitative estimate of drug-likeness (QED) is 0.630. The van der Waals surface area contributed by atoms with E-state index < -0.39 is 5.54 Å². The summed E-state index contributed by atoms with van der Waals surface area (Å²) < 4.78 is 0. The Labute approximate surface area is 164 Å². The van der Waals surface area contributed by atoms with Crippen molar-refractivity contribution in [2.75, 3.05) is 11.1 Å². The summed E-state index contributed by atoms with van der Waals surface area (Å²) >= 11 is 0. The van der Waals surface area contributed by atoms with Crippen LogP contribution in [-0.4, -0.2) is 22.5 Å². The molecule has 0 atom stereocenters. The number of anilines is 2. The Bertz CT molecular complexity index is 761. The van der Waals surface area contributed by atoms with Gasteiger partial charge in [0.2, 0.25) is 5.91 Å². The van der Waals surface area contributed by atoms with Gasteiger partial charge in [0.25, 0.3) is 0 Å². The fourth-order valence-corrected chi connectivity index (χ4v) is 3.16. The summed E-state index contributed by atoms with van der Waals surface area (Å²) in [5.41, 5.74) is 6.22. The van der Waals surface area contributed by atoms with Crippen molar-refractivity contribution in [1.82, 2.24) is 15.6 Å². The fourth-order valence-electron chi connectivity index (χ4n) is 3.16. The fraction of sp³-hybridized carbons (Fsp3) is 0.316. The Morgan fingerprint density at radius 1 is 1.07 bits per heavy atom. The molecule has 144 valence electrons. The molecule has 1 saturated carbocycles. The molecule has 0 aliphatic heterocycles. The van der Waals surface area contributed by atoms with Gasteiger partial charge in [0.1, 0.15) is 11.4 Å². The van der Waals surface area contributed by atoms with Crippen LogP contribution in [0.15, 0.2) is 48.7 Å². The van der Waals surface area contributed by atoms with E-state index in [-0.39, 0.29) is 24.3 Å². The molecule has 0 radical (unpaired) electrons. The first-order chi connectivity index (χ1) is 12.6. The van der Waals surface area contributed by atoms with E-state index >= 15 is 0 Å². The Morgan fingerprint density at radius 3 is 2.41 bits per heavy atom. The number of nitrogens with zero attached hydrogens (tertiary/aromatic N) is 1. The second-order valence-electron chi connectivity index (χ2n) is 6.51. The number of hydrogen-bond acceptors (Lipinski definition) is 4. The largest absolute Gasteiger partial charge is 0.384 e. The van der Waals surface area contributed by atoms with Crippen molar-refractivity contribution >= 4 is 35.9 Å². The van der Waals surface area contributed by atoms with Gasteiger partial charge in [-0.2, -0.15) is 0 Å². The second kappa shape index (κ2) is 9.23. The number of benzene rings is 1. The molecule has 8 heteroatoms. The molecule has 0 bridgehead atoms. The number of nitrogens with one attached hydrogen (secondary N) is 3. The number of pyridine rings is 1. The topological polar surface area (TPSA) is 109 Å². The maximum absolute atomic E-state index is 12.8. The molecule has 0 spiro atoms. The Morgan fingerprint density at radius 2 is 1.78 bits per heavy atom. The first-order valence-electron chi connectivity index (χ1n) is 8.70. The van der Waals surface area contributed by atoms with E-state index in [2.05, 4.69) is 20.9 Å². The van der Waals surface area contributed by atoms with Crippen molar-refractivity contribution in [1.29, 1.82) is 0 Å². The third-order valence-electron chi connectivity index (χ3n) is 4.58. The maximum atomic E-state index is 12.8. The predicted octanol–water partition coefficient (Wildman–Crippen LogP) is 2.84. The van der Waals surface area contributed by atoms with Crippen LogP contribution < -0.4 is 21.7 Å². The Balaban J connectivity index is 0.00000261. The monoisotopic (exact) mass is 389 g/mol. The van der Waals surface area contributed by atoms with E-state index in [0.29, 0.717) is 30.9 Å². The van der Waals surface area contributed by atoms with E-state index in [1.54, 1.807) is 12.1 Å². The number of urea groups is 1. The summed E-state index contributed by atoms with van der Waals surface area (Å²) in [6.07, 6.45) is 4.52. The van der Waals surface area contributed by atoms with Crippen LogP contribution in [0.3, 0.4) is 0 Å². The smallest absolute Gasteiger partial charge is 0.315 e. The number of amides is 3. The summed E-state index contributed by atoms with van der Waals surface area (Å²) in [4.78, 5) is 29.1. The lowest BCUT2D eigenvalue weighted by Gasteiger charge is -2.29. The second-order valence-corrected chi connectivity index (χ2v) is 6.51. The van der Waals surface area contributed by atoms with Crippen LogP contribution in [0.1, 0.15) is 31.2 Å². The Kier molecular flexibility index (Phi) is 7.01. The molecule has 3 amide bonds. The van der Waals surface area contributed by atoms with Crippen LogP contribution in [0.5, 0.6) is 0 Å². The van der Waals surface area contributed by atoms with Gasteiger partial charge in [0, 0.05) is 6.54 Å². The van der Waals surface area contributed by atoms with Gasteiger partial charge in [-0.15, -0.1) is 12.4 Å². The zero-order chi connectivity index (χ0) is 18.4. The normalized spacial score (nSPS) is 14.7. The average Bonchev–Trinajstić information content (AvgIpc) is 3.12. The highest BCUT2D eigenvalue weighted by atomic mass is 35.5. The standard InChI is InChI=1S/C19H23N5O2.ClH/c20-16-9-8-15(13-21-16)23-17(25)19(10-4-5-11-19)24-18(26)22-12-14-6-2-1-3-7-14;/h1-3,6-9,13H,4-5,10-12H2,(H2,20,21)(H,23,25)(H2,22,24,26);1H. The first kappa shape index (κ1) is 20.5. The Hall–Kier alpha value is -2.80.